The van der Waals surface area contributed by atoms with Gasteiger partial charge in [0.2, 0.25) is 0 Å². The summed E-state index contributed by atoms with van der Waals surface area (Å²) in [4.78, 5) is 0. The van der Waals surface area contributed by atoms with Gasteiger partial charge in [0.15, 0.2) is 5.82 Å². The molecule has 0 atom stereocenters. The first kappa shape index (κ1) is 13.6. The Hall–Kier alpha value is -2.33. The summed E-state index contributed by atoms with van der Waals surface area (Å²) < 4.78 is 1.62. The monoisotopic (exact) mass is 298 g/mol. The Bertz CT molecular complexity index is 791. The van der Waals surface area contributed by atoms with Crippen molar-refractivity contribution in [3.63, 3.8) is 0 Å². The lowest BCUT2D eigenvalue weighted by Crippen LogP contribution is -2.02. The maximum atomic E-state index is 6.23. The van der Waals surface area contributed by atoms with Crippen LogP contribution in [0.1, 0.15) is 11.1 Å². The first-order valence-corrected chi connectivity index (χ1v) is 6.99. The van der Waals surface area contributed by atoms with E-state index in [9.17, 15) is 0 Å². The number of nitrogens with zero attached hydrogens (tertiary/aromatic N) is 3. The van der Waals surface area contributed by atoms with Gasteiger partial charge in [0.25, 0.3) is 0 Å². The molecule has 4 nitrogen and oxygen atoms in total. The molecule has 3 rings (SSSR count). The zero-order valence-corrected chi connectivity index (χ0v) is 12.6. The van der Waals surface area contributed by atoms with Crippen molar-refractivity contribution in [2.45, 2.75) is 13.8 Å². The third kappa shape index (κ3) is 2.50. The molecular formula is C16H15ClN4. The smallest absolute Gasteiger partial charge is 0.155 e. The number of anilines is 1. The summed E-state index contributed by atoms with van der Waals surface area (Å²) in [5.74, 6) is 0.519. The Morgan fingerprint density at radius 3 is 2.48 bits per heavy atom. The van der Waals surface area contributed by atoms with E-state index in [0.29, 0.717) is 16.5 Å². The predicted molar refractivity (Wildman–Crippen MR) is 85.7 cm³/mol. The van der Waals surface area contributed by atoms with E-state index in [4.69, 9.17) is 17.3 Å². The van der Waals surface area contributed by atoms with E-state index in [2.05, 4.69) is 28.5 Å². The maximum absolute atomic E-state index is 6.23. The number of benzene rings is 2. The van der Waals surface area contributed by atoms with Gasteiger partial charge in [-0.1, -0.05) is 34.5 Å². The summed E-state index contributed by atoms with van der Waals surface area (Å²) in [6.07, 6.45) is 0. The molecule has 2 aromatic carbocycles. The van der Waals surface area contributed by atoms with Gasteiger partial charge in [0, 0.05) is 10.6 Å². The van der Waals surface area contributed by atoms with Crippen LogP contribution in [0.25, 0.3) is 16.9 Å². The minimum atomic E-state index is 0.519. The predicted octanol–water partition coefficient (Wildman–Crippen LogP) is 3.79. The first-order chi connectivity index (χ1) is 10.1. The molecule has 0 amide bonds. The number of hydrogen-bond donors (Lipinski definition) is 1. The van der Waals surface area contributed by atoms with Crippen LogP contribution in [0.5, 0.6) is 0 Å². The number of halogens is 1. The Morgan fingerprint density at radius 2 is 1.76 bits per heavy atom. The summed E-state index contributed by atoms with van der Waals surface area (Å²) in [5, 5.41) is 9.08. The minimum absolute atomic E-state index is 0.519. The van der Waals surface area contributed by atoms with Gasteiger partial charge in [-0.3, -0.25) is 0 Å². The lowest BCUT2D eigenvalue weighted by atomic mass is 10.0. The van der Waals surface area contributed by atoms with Crippen molar-refractivity contribution in [2.24, 2.45) is 0 Å². The molecule has 106 valence electrons. The Kier molecular flexibility index (Phi) is 3.39. The largest absolute Gasteiger partial charge is 0.382 e. The molecule has 21 heavy (non-hydrogen) atoms. The molecule has 1 heterocycles. The van der Waals surface area contributed by atoms with Crippen LogP contribution < -0.4 is 5.73 Å². The minimum Gasteiger partial charge on any atom is -0.382 e. The summed E-state index contributed by atoms with van der Waals surface area (Å²) in [7, 11) is 0. The number of nitrogens with two attached hydrogens (primary N) is 1. The van der Waals surface area contributed by atoms with E-state index in [0.717, 1.165) is 22.4 Å². The highest BCUT2D eigenvalue weighted by atomic mass is 35.5. The standard InChI is InChI=1S/C16H15ClN4/c1-10-3-4-11(2)14(9-10)15-16(18)21(20-19-15)13-7-5-12(17)6-8-13/h3-9H,18H2,1-2H3. The third-order valence-corrected chi connectivity index (χ3v) is 3.68. The first-order valence-electron chi connectivity index (χ1n) is 6.61. The number of aryl methyl sites for hydroxylation is 2. The molecule has 0 radical (unpaired) electrons. The van der Waals surface area contributed by atoms with Crippen molar-refractivity contribution in [1.29, 1.82) is 0 Å². The number of aromatic nitrogens is 3. The molecule has 0 bridgehead atoms. The third-order valence-electron chi connectivity index (χ3n) is 3.42. The average Bonchev–Trinajstić information content (AvgIpc) is 2.84. The van der Waals surface area contributed by atoms with Gasteiger partial charge in [0.1, 0.15) is 5.69 Å². The topological polar surface area (TPSA) is 56.7 Å². The maximum Gasteiger partial charge on any atom is 0.155 e. The molecular weight excluding hydrogens is 284 g/mol. The molecule has 0 unspecified atom stereocenters. The van der Waals surface area contributed by atoms with Gasteiger partial charge >= 0.3 is 0 Å². The van der Waals surface area contributed by atoms with Crippen molar-refractivity contribution >= 4 is 17.4 Å². The molecule has 5 heteroatoms. The highest BCUT2D eigenvalue weighted by molar-refractivity contribution is 6.30. The molecule has 0 fully saturated rings. The zero-order chi connectivity index (χ0) is 15.0. The molecule has 0 saturated heterocycles. The van der Waals surface area contributed by atoms with E-state index in [1.807, 2.05) is 26.0 Å². The normalized spacial score (nSPS) is 10.8. The average molecular weight is 299 g/mol. The highest BCUT2D eigenvalue weighted by Gasteiger charge is 2.14. The van der Waals surface area contributed by atoms with Crippen LogP contribution in [0.4, 0.5) is 5.82 Å². The van der Waals surface area contributed by atoms with E-state index in [1.54, 1.807) is 16.8 Å². The highest BCUT2D eigenvalue weighted by Crippen LogP contribution is 2.29. The van der Waals surface area contributed by atoms with Crippen LogP contribution in [0.2, 0.25) is 5.02 Å². The molecule has 1 aromatic heterocycles. The second kappa shape index (κ2) is 5.22. The molecule has 3 aromatic rings. The van der Waals surface area contributed by atoms with Gasteiger partial charge in [0.05, 0.1) is 5.69 Å². The molecule has 0 aliphatic carbocycles. The van der Waals surface area contributed by atoms with Crippen molar-refractivity contribution < 1.29 is 0 Å². The van der Waals surface area contributed by atoms with Crippen LogP contribution >= 0.6 is 11.6 Å². The second-order valence-corrected chi connectivity index (χ2v) is 5.47. The van der Waals surface area contributed by atoms with Crippen LogP contribution in [0.15, 0.2) is 42.5 Å². The van der Waals surface area contributed by atoms with Crippen molar-refractivity contribution in [3.8, 4) is 16.9 Å². The van der Waals surface area contributed by atoms with Crippen molar-refractivity contribution in [3.05, 3.63) is 58.6 Å². The molecule has 2 N–H and O–H groups in total. The lowest BCUT2D eigenvalue weighted by Gasteiger charge is -2.06. The fourth-order valence-corrected chi connectivity index (χ4v) is 2.37. The van der Waals surface area contributed by atoms with Crippen LogP contribution in [0, 0.1) is 13.8 Å². The zero-order valence-electron chi connectivity index (χ0n) is 11.8. The molecule has 0 saturated carbocycles. The summed E-state index contributed by atoms with van der Waals surface area (Å²) in [5.41, 5.74) is 11.1. The number of rotatable bonds is 2. The Balaban J connectivity index is 2.11. The van der Waals surface area contributed by atoms with Gasteiger partial charge in [-0.25, -0.2) is 0 Å². The summed E-state index contributed by atoms with van der Waals surface area (Å²) in [6.45, 7) is 4.08. The van der Waals surface area contributed by atoms with Crippen LogP contribution in [-0.2, 0) is 0 Å². The Morgan fingerprint density at radius 1 is 1.05 bits per heavy atom. The van der Waals surface area contributed by atoms with Gasteiger partial charge < -0.3 is 5.73 Å². The van der Waals surface area contributed by atoms with E-state index < -0.39 is 0 Å². The second-order valence-electron chi connectivity index (χ2n) is 5.03. The van der Waals surface area contributed by atoms with E-state index in [1.165, 1.54) is 0 Å². The van der Waals surface area contributed by atoms with Gasteiger partial charge in [-0.05, 0) is 49.7 Å². The fourth-order valence-electron chi connectivity index (χ4n) is 2.24. The molecule has 0 aliphatic heterocycles. The number of hydrogen-bond acceptors (Lipinski definition) is 3. The van der Waals surface area contributed by atoms with E-state index >= 15 is 0 Å². The van der Waals surface area contributed by atoms with Crippen molar-refractivity contribution in [2.75, 3.05) is 5.73 Å². The molecule has 0 aliphatic rings. The van der Waals surface area contributed by atoms with Crippen LogP contribution in [0.3, 0.4) is 0 Å². The SMILES string of the molecule is Cc1ccc(C)c(-c2nnn(-c3ccc(Cl)cc3)c2N)c1. The Labute approximate surface area is 128 Å². The summed E-state index contributed by atoms with van der Waals surface area (Å²) in [6, 6.07) is 13.5. The van der Waals surface area contributed by atoms with Crippen molar-refractivity contribution in [1.82, 2.24) is 15.0 Å². The van der Waals surface area contributed by atoms with E-state index in [-0.39, 0.29) is 0 Å². The molecule has 0 spiro atoms. The lowest BCUT2D eigenvalue weighted by molar-refractivity contribution is 0.810. The quantitative estimate of drug-likeness (QED) is 0.783. The number of nitrogen functional groups attached to an aromatic ring is 1. The fraction of sp³-hybridized carbons (Fsp3) is 0.125. The summed E-state index contributed by atoms with van der Waals surface area (Å²) >= 11 is 5.90. The van der Waals surface area contributed by atoms with Gasteiger partial charge in [-0.15, -0.1) is 5.10 Å². The van der Waals surface area contributed by atoms with Crippen LogP contribution in [-0.4, -0.2) is 15.0 Å². The van der Waals surface area contributed by atoms with Gasteiger partial charge in [-0.2, -0.15) is 4.68 Å².